The SMILES string of the molecule is COc1ccc(NCCNC(=O)[C@H](Cc2ccc(-c3cccc(OC)c3OC)cc2)NC(=O)c2cccc(C)c2)cc1. The molecule has 4 rings (SSSR count). The standard InChI is InChI=1S/C34H37N3O5/c1-23-7-5-8-26(21-23)33(38)37-30(34(39)36-20-19-35-27-15-17-28(40-2)18-16-27)22-24-11-13-25(14-12-24)29-9-6-10-31(41-3)32(29)42-4/h5-18,21,30,35H,19-20,22H2,1-4H3,(H,36,39)(H,37,38)/t30-/m0/s1. The molecule has 0 aliphatic rings. The van der Waals surface area contributed by atoms with Gasteiger partial charge in [-0.15, -0.1) is 0 Å². The number of carbonyl (C=O) groups is 2. The van der Waals surface area contributed by atoms with Crippen molar-refractivity contribution in [2.45, 2.75) is 19.4 Å². The molecular formula is C34H37N3O5. The molecule has 4 aromatic rings. The zero-order valence-corrected chi connectivity index (χ0v) is 24.4. The summed E-state index contributed by atoms with van der Waals surface area (Å²) in [7, 11) is 4.84. The van der Waals surface area contributed by atoms with E-state index in [9.17, 15) is 9.59 Å². The van der Waals surface area contributed by atoms with Gasteiger partial charge < -0.3 is 30.2 Å². The third-order valence-electron chi connectivity index (χ3n) is 6.85. The largest absolute Gasteiger partial charge is 0.497 e. The topological polar surface area (TPSA) is 97.9 Å². The Kier molecular flexibility index (Phi) is 10.4. The van der Waals surface area contributed by atoms with Crippen molar-refractivity contribution in [3.63, 3.8) is 0 Å². The number of rotatable bonds is 13. The van der Waals surface area contributed by atoms with Crippen molar-refractivity contribution in [1.82, 2.24) is 10.6 Å². The Morgan fingerprint density at radius 2 is 1.52 bits per heavy atom. The zero-order valence-electron chi connectivity index (χ0n) is 24.4. The van der Waals surface area contributed by atoms with Gasteiger partial charge in [-0.2, -0.15) is 0 Å². The maximum Gasteiger partial charge on any atom is 0.251 e. The first-order chi connectivity index (χ1) is 20.4. The number of hydrogen-bond donors (Lipinski definition) is 3. The molecule has 0 fully saturated rings. The summed E-state index contributed by atoms with van der Waals surface area (Å²) in [5, 5.41) is 9.17. The van der Waals surface area contributed by atoms with Gasteiger partial charge in [0.25, 0.3) is 5.91 Å². The monoisotopic (exact) mass is 567 g/mol. The van der Waals surface area contributed by atoms with E-state index >= 15 is 0 Å². The molecule has 0 aromatic heterocycles. The van der Waals surface area contributed by atoms with Gasteiger partial charge in [0.15, 0.2) is 11.5 Å². The molecule has 3 N–H and O–H groups in total. The van der Waals surface area contributed by atoms with E-state index in [1.54, 1.807) is 33.5 Å². The Morgan fingerprint density at radius 1 is 0.786 bits per heavy atom. The molecule has 0 bridgehead atoms. The second kappa shape index (κ2) is 14.6. The highest BCUT2D eigenvalue weighted by molar-refractivity contribution is 5.97. The minimum atomic E-state index is -0.767. The average Bonchev–Trinajstić information content (AvgIpc) is 3.02. The summed E-state index contributed by atoms with van der Waals surface area (Å²) in [6, 6.07) is 27.7. The maximum absolute atomic E-state index is 13.3. The summed E-state index contributed by atoms with van der Waals surface area (Å²) < 4.78 is 16.2. The molecule has 0 saturated carbocycles. The zero-order chi connectivity index (χ0) is 29.9. The third kappa shape index (κ3) is 7.81. The molecule has 8 heteroatoms. The number of methoxy groups -OCH3 is 3. The summed E-state index contributed by atoms with van der Waals surface area (Å²) in [5.41, 5.74) is 5.15. The molecule has 8 nitrogen and oxygen atoms in total. The summed E-state index contributed by atoms with van der Waals surface area (Å²) >= 11 is 0. The summed E-state index contributed by atoms with van der Waals surface area (Å²) in [4.78, 5) is 26.4. The number of benzene rings is 4. The minimum Gasteiger partial charge on any atom is -0.497 e. The highest BCUT2D eigenvalue weighted by Crippen LogP contribution is 2.37. The van der Waals surface area contributed by atoms with Crippen LogP contribution in [0.15, 0.2) is 91.0 Å². The smallest absolute Gasteiger partial charge is 0.251 e. The van der Waals surface area contributed by atoms with Gasteiger partial charge in [-0.25, -0.2) is 0 Å². The molecule has 0 radical (unpaired) electrons. The minimum absolute atomic E-state index is 0.258. The fourth-order valence-electron chi connectivity index (χ4n) is 4.63. The fraction of sp³-hybridized carbons (Fsp3) is 0.235. The van der Waals surface area contributed by atoms with Crippen molar-refractivity contribution in [3.8, 4) is 28.4 Å². The predicted octanol–water partition coefficient (Wildman–Crippen LogP) is 5.26. The maximum atomic E-state index is 13.3. The quantitative estimate of drug-likeness (QED) is 0.191. The molecule has 2 amide bonds. The van der Waals surface area contributed by atoms with Crippen LogP contribution in [0.2, 0.25) is 0 Å². The molecule has 218 valence electrons. The van der Waals surface area contributed by atoms with E-state index in [1.165, 1.54) is 0 Å². The van der Waals surface area contributed by atoms with E-state index in [-0.39, 0.29) is 11.8 Å². The molecule has 42 heavy (non-hydrogen) atoms. The number of nitrogens with one attached hydrogen (secondary N) is 3. The van der Waals surface area contributed by atoms with Crippen molar-refractivity contribution in [2.75, 3.05) is 39.7 Å². The summed E-state index contributed by atoms with van der Waals surface area (Å²) in [6.07, 6.45) is 0.324. The van der Waals surface area contributed by atoms with Crippen LogP contribution in [0.4, 0.5) is 5.69 Å². The lowest BCUT2D eigenvalue weighted by atomic mass is 9.99. The van der Waals surface area contributed by atoms with Crippen LogP contribution in [0.25, 0.3) is 11.1 Å². The Labute approximate surface area is 247 Å². The lowest BCUT2D eigenvalue weighted by Crippen LogP contribution is -2.48. The van der Waals surface area contributed by atoms with Crippen LogP contribution in [-0.4, -0.2) is 52.3 Å². The molecule has 4 aromatic carbocycles. The molecule has 0 aliphatic heterocycles. The van der Waals surface area contributed by atoms with E-state index in [2.05, 4.69) is 16.0 Å². The molecule has 0 unspecified atom stereocenters. The first-order valence-electron chi connectivity index (χ1n) is 13.7. The summed E-state index contributed by atoms with van der Waals surface area (Å²) in [6.45, 7) is 2.83. The van der Waals surface area contributed by atoms with Crippen LogP contribution in [-0.2, 0) is 11.2 Å². The van der Waals surface area contributed by atoms with Crippen LogP contribution >= 0.6 is 0 Å². The van der Waals surface area contributed by atoms with Gasteiger partial charge in [-0.3, -0.25) is 9.59 Å². The Hall–Kier alpha value is -4.98. The number of hydrogen-bond acceptors (Lipinski definition) is 6. The summed E-state index contributed by atoms with van der Waals surface area (Å²) in [5.74, 6) is 1.52. The van der Waals surface area contributed by atoms with Gasteiger partial charge in [0.05, 0.1) is 21.3 Å². The van der Waals surface area contributed by atoms with Gasteiger partial charge >= 0.3 is 0 Å². The van der Waals surface area contributed by atoms with Crippen molar-refractivity contribution in [2.24, 2.45) is 0 Å². The molecule has 0 saturated heterocycles. The Morgan fingerprint density at radius 3 is 2.19 bits per heavy atom. The lowest BCUT2D eigenvalue weighted by Gasteiger charge is -2.20. The Balaban J connectivity index is 1.46. The molecule has 1 atom stereocenters. The van der Waals surface area contributed by atoms with E-state index in [0.717, 1.165) is 33.7 Å². The predicted molar refractivity (Wildman–Crippen MR) is 166 cm³/mol. The first kappa shape index (κ1) is 30.0. The van der Waals surface area contributed by atoms with E-state index in [4.69, 9.17) is 14.2 Å². The van der Waals surface area contributed by atoms with E-state index in [1.807, 2.05) is 85.8 Å². The number of para-hydroxylation sites is 1. The van der Waals surface area contributed by atoms with Crippen LogP contribution in [0, 0.1) is 6.92 Å². The van der Waals surface area contributed by atoms with E-state index in [0.29, 0.717) is 36.6 Å². The number of amides is 2. The fourth-order valence-corrected chi connectivity index (χ4v) is 4.63. The Bertz CT molecular complexity index is 1490. The van der Waals surface area contributed by atoms with Crippen molar-refractivity contribution < 1.29 is 23.8 Å². The van der Waals surface area contributed by atoms with Gasteiger partial charge in [-0.05, 0) is 60.5 Å². The molecular weight excluding hydrogens is 530 g/mol. The average molecular weight is 568 g/mol. The number of aryl methyl sites for hydroxylation is 1. The van der Waals surface area contributed by atoms with Gasteiger partial charge in [0.1, 0.15) is 11.8 Å². The molecule has 0 spiro atoms. The van der Waals surface area contributed by atoms with Gasteiger partial charge in [0.2, 0.25) is 5.91 Å². The second-order valence-electron chi connectivity index (χ2n) is 9.78. The van der Waals surface area contributed by atoms with Gasteiger partial charge in [0, 0.05) is 36.3 Å². The van der Waals surface area contributed by atoms with Crippen LogP contribution < -0.4 is 30.2 Å². The second-order valence-corrected chi connectivity index (χ2v) is 9.78. The van der Waals surface area contributed by atoms with Gasteiger partial charge in [-0.1, -0.05) is 54.1 Å². The number of carbonyl (C=O) groups excluding carboxylic acids is 2. The first-order valence-corrected chi connectivity index (χ1v) is 13.7. The van der Waals surface area contributed by atoms with Crippen LogP contribution in [0.5, 0.6) is 17.2 Å². The van der Waals surface area contributed by atoms with Crippen molar-refractivity contribution in [1.29, 1.82) is 0 Å². The number of ether oxygens (including phenoxy) is 3. The number of anilines is 1. The van der Waals surface area contributed by atoms with E-state index < -0.39 is 6.04 Å². The normalized spacial score (nSPS) is 11.2. The molecule has 0 heterocycles. The third-order valence-corrected chi connectivity index (χ3v) is 6.85. The van der Waals surface area contributed by atoms with Crippen molar-refractivity contribution in [3.05, 3.63) is 108 Å². The van der Waals surface area contributed by atoms with Crippen molar-refractivity contribution >= 4 is 17.5 Å². The highest BCUT2D eigenvalue weighted by atomic mass is 16.5. The molecule has 0 aliphatic carbocycles. The van der Waals surface area contributed by atoms with Crippen LogP contribution in [0.1, 0.15) is 21.5 Å². The van der Waals surface area contributed by atoms with Crippen LogP contribution in [0.3, 0.4) is 0 Å². The lowest BCUT2D eigenvalue weighted by molar-refractivity contribution is -0.122. The highest BCUT2D eigenvalue weighted by Gasteiger charge is 2.22.